The molecule has 0 radical (unpaired) electrons. The summed E-state index contributed by atoms with van der Waals surface area (Å²) in [6, 6.07) is 5.01. The second-order valence-electron chi connectivity index (χ2n) is 10.5. The van der Waals surface area contributed by atoms with Crippen LogP contribution in [0.1, 0.15) is 74.9 Å². The first kappa shape index (κ1) is 29.5. The van der Waals surface area contributed by atoms with Crippen molar-refractivity contribution in [1.82, 2.24) is 5.32 Å². The van der Waals surface area contributed by atoms with Gasteiger partial charge in [-0.25, -0.2) is 9.18 Å². The third kappa shape index (κ3) is 8.51. The summed E-state index contributed by atoms with van der Waals surface area (Å²) < 4.78 is 68.0. The smallest absolute Gasteiger partial charge is 0.489 e. The number of rotatable bonds is 9. The largest absolute Gasteiger partial charge is 0.573 e. The summed E-state index contributed by atoms with van der Waals surface area (Å²) in [7, 11) is 0. The van der Waals surface area contributed by atoms with Gasteiger partial charge in [-0.05, 0) is 80.8 Å². The van der Waals surface area contributed by atoms with Crippen LogP contribution >= 0.6 is 11.6 Å². The summed E-state index contributed by atoms with van der Waals surface area (Å²) >= 11 is 5.91. The highest BCUT2D eigenvalue weighted by Gasteiger charge is 2.33. The molecule has 1 unspecified atom stereocenters. The van der Waals surface area contributed by atoms with Gasteiger partial charge in [-0.15, -0.1) is 13.2 Å². The highest BCUT2D eigenvalue weighted by atomic mass is 35.5. The molecule has 1 saturated carbocycles. The molecular formula is C27H30ClF4NO5. The monoisotopic (exact) mass is 559 g/mol. The molecule has 1 fully saturated rings. The minimum Gasteiger partial charge on any atom is -0.489 e. The van der Waals surface area contributed by atoms with Crippen LogP contribution in [-0.4, -0.2) is 29.9 Å². The Balaban J connectivity index is 1.81. The predicted molar refractivity (Wildman–Crippen MR) is 133 cm³/mol. The molecule has 0 spiro atoms. The van der Waals surface area contributed by atoms with Crippen molar-refractivity contribution < 1.29 is 41.4 Å². The number of hydrogen-bond acceptors (Lipinski definition) is 5. The maximum absolute atomic E-state index is 15.1. The molecule has 1 N–H and O–H groups in total. The van der Waals surface area contributed by atoms with E-state index in [1.165, 1.54) is 12.1 Å². The summed E-state index contributed by atoms with van der Waals surface area (Å²) in [6.45, 7) is 8.37. The SMILES string of the molecule is CC(C)C(NC(=O)c1cc(C2CC2)c(OCc2cc(Cl)cc(OC(F)(F)F)c2)cc1F)C(=O)OC(C)(C)C. The van der Waals surface area contributed by atoms with Gasteiger partial charge in [-0.1, -0.05) is 25.4 Å². The molecule has 38 heavy (non-hydrogen) atoms. The van der Waals surface area contributed by atoms with E-state index in [9.17, 15) is 22.8 Å². The zero-order valence-electron chi connectivity index (χ0n) is 21.7. The van der Waals surface area contributed by atoms with Crippen molar-refractivity contribution in [2.75, 3.05) is 0 Å². The number of ether oxygens (including phenoxy) is 3. The van der Waals surface area contributed by atoms with Crippen LogP contribution in [0, 0.1) is 11.7 Å². The molecule has 1 aliphatic rings. The van der Waals surface area contributed by atoms with Gasteiger partial charge in [0.1, 0.15) is 35.6 Å². The second kappa shape index (κ2) is 11.4. The Morgan fingerprint density at radius 2 is 1.74 bits per heavy atom. The van der Waals surface area contributed by atoms with Crippen LogP contribution in [0.25, 0.3) is 0 Å². The molecule has 1 amide bonds. The van der Waals surface area contributed by atoms with Gasteiger partial charge in [-0.3, -0.25) is 4.79 Å². The molecule has 1 aliphatic carbocycles. The van der Waals surface area contributed by atoms with E-state index in [0.717, 1.165) is 31.0 Å². The summed E-state index contributed by atoms with van der Waals surface area (Å²) in [5, 5.41) is 2.59. The zero-order valence-corrected chi connectivity index (χ0v) is 22.4. The first-order chi connectivity index (χ1) is 17.5. The quantitative estimate of drug-likeness (QED) is 0.266. The molecule has 0 saturated heterocycles. The summed E-state index contributed by atoms with van der Waals surface area (Å²) in [4.78, 5) is 25.6. The molecule has 1 atom stereocenters. The van der Waals surface area contributed by atoms with Crippen LogP contribution < -0.4 is 14.8 Å². The molecule has 6 nitrogen and oxygen atoms in total. The van der Waals surface area contributed by atoms with Crippen molar-refractivity contribution in [3.05, 3.63) is 57.9 Å². The van der Waals surface area contributed by atoms with E-state index in [0.29, 0.717) is 5.56 Å². The standard InChI is InChI=1S/C27H30ClF4NO5/c1-14(2)23(25(35)38-26(3,4)5)33-24(34)20-11-19(16-6-7-16)22(12-21(20)29)36-13-15-8-17(28)10-18(9-15)37-27(30,31)32/h8-12,14,16,23H,6-7,13H2,1-5H3,(H,33,34). The number of nitrogens with one attached hydrogen (secondary N) is 1. The average molecular weight is 560 g/mol. The Labute approximate surface area is 223 Å². The minimum absolute atomic E-state index is 0.00987. The maximum Gasteiger partial charge on any atom is 0.573 e. The fraction of sp³-hybridized carbons (Fsp3) is 0.481. The highest BCUT2D eigenvalue weighted by Crippen LogP contribution is 2.45. The first-order valence-corrected chi connectivity index (χ1v) is 12.5. The molecule has 208 valence electrons. The van der Waals surface area contributed by atoms with Gasteiger partial charge >= 0.3 is 12.3 Å². The number of esters is 1. The van der Waals surface area contributed by atoms with Crippen molar-refractivity contribution in [3.63, 3.8) is 0 Å². The van der Waals surface area contributed by atoms with Gasteiger partial charge in [0.05, 0.1) is 5.56 Å². The molecule has 11 heteroatoms. The van der Waals surface area contributed by atoms with Crippen LogP contribution in [0.4, 0.5) is 17.6 Å². The van der Waals surface area contributed by atoms with E-state index in [-0.39, 0.29) is 40.3 Å². The Hall–Kier alpha value is -3.01. The van der Waals surface area contributed by atoms with E-state index in [1.54, 1.807) is 34.6 Å². The first-order valence-electron chi connectivity index (χ1n) is 12.1. The summed E-state index contributed by atoms with van der Waals surface area (Å²) in [5.74, 6) is -2.90. The number of carbonyl (C=O) groups excluding carboxylic acids is 2. The Kier molecular flexibility index (Phi) is 8.86. The predicted octanol–water partition coefficient (Wildman–Crippen LogP) is 6.93. The maximum atomic E-state index is 15.1. The minimum atomic E-state index is -4.89. The molecule has 0 bridgehead atoms. The van der Waals surface area contributed by atoms with Gasteiger partial charge in [0, 0.05) is 11.1 Å². The van der Waals surface area contributed by atoms with E-state index >= 15 is 4.39 Å². The summed E-state index contributed by atoms with van der Waals surface area (Å²) in [5.41, 5.74) is -0.153. The lowest BCUT2D eigenvalue weighted by Gasteiger charge is -2.26. The van der Waals surface area contributed by atoms with E-state index in [1.807, 2.05) is 0 Å². The average Bonchev–Trinajstić information content (AvgIpc) is 3.58. The topological polar surface area (TPSA) is 73.9 Å². The number of benzene rings is 2. The van der Waals surface area contributed by atoms with Crippen molar-refractivity contribution >= 4 is 23.5 Å². The fourth-order valence-corrected chi connectivity index (χ4v) is 3.97. The highest BCUT2D eigenvalue weighted by molar-refractivity contribution is 6.30. The molecule has 0 heterocycles. The fourth-order valence-electron chi connectivity index (χ4n) is 3.72. The van der Waals surface area contributed by atoms with Crippen LogP contribution in [0.15, 0.2) is 30.3 Å². The Bertz CT molecular complexity index is 1190. The van der Waals surface area contributed by atoms with Gasteiger partial charge in [0.2, 0.25) is 0 Å². The third-order valence-corrected chi connectivity index (χ3v) is 5.75. The third-order valence-electron chi connectivity index (χ3n) is 5.53. The number of amides is 1. The van der Waals surface area contributed by atoms with E-state index in [2.05, 4.69) is 10.1 Å². The van der Waals surface area contributed by atoms with Crippen molar-refractivity contribution in [3.8, 4) is 11.5 Å². The van der Waals surface area contributed by atoms with Gasteiger partial charge < -0.3 is 19.5 Å². The Morgan fingerprint density at radius 1 is 1.08 bits per heavy atom. The Morgan fingerprint density at radius 3 is 2.29 bits per heavy atom. The van der Waals surface area contributed by atoms with Crippen LogP contribution in [0.3, 0.4) is 0 Å². The van der Waals surface area contributed by atoms with E-state index in [4.69, 9.17) is 21.1 Å². The second-order valence-corrected chi connectivity index (χ2v) is 10.9. The van der Waals surface area contributed by atoms with Crippen molar-refractivity contribution in [2.45, 2.75) is 78.0 Å². The molecule has 3 rings (SSSR count). The molecule has 2 aromatic carbocycles. The van der Waals surface area contributed by atoms with Crippen LogP contribution in [0.2, 0.25) is 5.02 Å². The van der Waals surface area contributed by atoms with Crippen molar-refractivity contribution in [2.24, 2.45) is 5.92 Å². The van der Waals surface area contributed by atoms with Crippen molar-refractivity contribution in [1.29, 1.82) is 0 Å². The normalized spacial score (nSPS) is 14.7. The molecular weight excluding hydrogens is 530 g/mol. The lowest BCUT2D eigenvalue weighted by atomic mass is 10.0. The molecule has 2 aromatic rings. The number of halogens is 5. The van der Waals surface area contributed by atoms with Gasteiger partial charge in [0.15, 0.2) is 0 Å². The van der Waals surface area contributed by atoms with Gasteiger partial charge in [-0.2, -0.15) is 0 Å². The molecule has 0 aliphatic heterocycles. The zero-order chi connectivity index (χ0) is 28.4. The number of alkyl halides is 3. The summed E-state index contributed by atoms with van der Waals surface area (Å²) in [6.07, 6.45) is -3.29. The van der Waals surface area contributed by atoms with Gasteiger partial charge in [0.25, 0.3) is 5.91 Å². The molecule has 0 aromatic heterocycles. The van der Waals surface area contributed by atoms with Crippen LogP contribution in [0.5, 0.6) is 11.5 Å². The lowest BCUT2D eigenvalue weighted by Crippen LogP contribution is -2.47. The van der Waals surface area contributed by atoms with Crippen LogP contribution in [-0.2, 0) is 16.1 Å². The number of hydrogen-bond donors (Lipinski definition) is 1. The lowest BCUT2D eigenvalue weighted by molar-refractivity contribution is -0.274. The van der Waals surface area contributed by atoms with E-state index < -0.39 is 41.4 Å². The number of carbonyl (C=O) groups is 2.